The molecule has 3 aromatic rings. The van der Waals surface area contributed by atoms with E-state index in [1.165, 1.54) is 5.56 Å². The molecule has 0 aliphatic carbocycles. The maximum atomic E-state index is 12.5. The molecule has 1 N–H and O–H groups in total. The first-order chi connectivity index (χ1) is 9.63. The molecule has 1 heterocycles. The Morgan fingerprint density at radius 1 is 1.20 bits per heavy atom. The molecule has 3 rings (SSSR count). The number of ketones is 1. The molecule has 0 saturated heterocycles. The van der Waals surface area contributed by atoms with Crippen molar-refractivity contribution in [2.24, 2.45) is 0 Å². The quantitative estimate of drug-likeness (QED) is 0.697. The topological polar surface area (TPSA) is 32.9 Å². The van der Waals surface area contributed by atoms with Crippen LogP contribution in [-0.4, -0.2) is 10.8 Å². The van der Waals surface area contributed by atoms with Gasteiger partial charge in [-0.2, -0.15) is 0 Å². The second-order valence-corrected chi connectivity index (χ2v) is 5.90. The van der Waals surface area contributed by atoms with E-state index in [1.54, 1.807) is 6.20 Å². The van der Waals surface area contributed by atoms with Crippen molar-refractivity contribution >= 4 is 32.6 Å². The van der Waals surface area contributed by atoms with Gasteiger partial charge >= 0.3 is 0 Å². The van der Waals surface area contributed by atoms with Crippen molar-refractivity contribution in [2.45, 2.75) is 13.3 Å². The highest BCUT2D eigenvalue weighted by Gasteiger charge is 2.12. The van der Waals surface area contributed by atoms with Gasteiger partial charge in [-0.15, -0.1) is 0 Å². The predicted molar refractivity (Wildman–Crippen MR) is 85.2 cm³/mol. The second kappa shape index (κ2) is 5.25. The molecule has 0 aliphatic heterocycles. The van der Waals surface area contributed by atoms with Gasteiger partial charge in [0.15, 0.2) is 5.78 Å². The Morgan fingerprint density at radius 2 is 2.05 bits per heavy atom. The maximum absolute atomic E-state index is 12.5. The largest absolute Gasteiger partial charge is 0.360 e. The fourth-order valence-electron chi connectivity index (χ4n) is 2.43. The summed E-state index contributed by atoms with van der Waals surface area (Å²) >= 11 is 3.44. The molecule has 100 valence electrons. The zero-order valence-corrected chi connectivity index (χ0v) is 12.7. The summed E-state index contributed by atoms with van der Waals surface area (Å²) in [6.45, 7) is 2.04. The van der Waals surface area contributed by atoms with Gasteiger partial charge in [0.1, 0.15) is 0 Å². The van der Waals surface area contributed by atoms with E-state index in [-0.39, 0.29) is 5.78 Å². The summed E-state index contributed by atoms with van der Waals surface area (Å²) < 4.78 is 1.00. The lowest BCUT2D eigenvalue weighted by Gasteiger charge is -2.02. The number of aryl methyl sites for hydroxylation is 1. The summed E-state index contributed by atoms with van der Waals surface area (Å²) in [7, 11) is 0. The zero-order valence-electron chi connectivity index (χ0n) is 11.1. The summed E-state index contributed by atoms with van der Waals surface area (Å²) in [5, 5.41) is 0.978. The van der Waals surface area contributed by atoms with Crippen molar-refractivity contribution in [3.63, 3.8) is 0 Å². The fraction of sp³-hybridized carbons (Fsp3) is 0.118. The molecule has 0 saturated carbocycles. The summed E-state index contributed by atoms with van der Waals surface area (Å²) in [6, 6.07) is 14.0. The van der Waals surface area contributed by atoms with Crippen LogP contribution in [0, 0.1) is 6.92 Å². The molecular weight excluding hydrogens is 314 g/mol. The molecule has 0 unspecified atom stereocenters. The van der Waals surface area contributed by atoms with Crippen LogP contribution in [0.4, 0.5) is 0 Å². The third-order valence-electron chi connectivity index (χ3n) is 3.39. The van der Waals surface area contributed by atoms with Gasteiger partial charge in [-0.1, -0.05) is 51.8 Å². The van der Waals surface area contributed by atoms with Crippen LogP contribution in [0.25, 0.3) is 10.9 Å². The van der Waals surface area contributed by atoms with Gasteiger partial charge < -0.3 is 4.98 Å². The number of aromatic amines is 1. The molecule has 0 amide bonds. The average Bonchev–Trinajstić information content (AvgIpc) is 2.81. The Balaban J connectivity index is 1.93. The van der Waals surface area contributed by atoms with E-state index in [9.17, 15) is 4.79 Å². The fourth-order valence-corrected chi connectivity index (χ4v) is 2.79. The lowest BCUT2D eigenvalue weighted by atomic mass is 10.0. The Bertz CT molecular complexity index is 789. The van der Waals surface area contributed by atoms with E-state index < -0.39 is 0 Å². The molecule has 0 radical (unpaired) electrons. The van der Waals surface area contributed by atoms with Gasteiger partial charge in [0.2, 0.25) is 0 Å². The SMILES string of the molecule is Cc1cccc(CC(=O)c2c[nH]c3cc(Br)ccc23)c1. The Labute approximate surface area is 126 Å². The van der Waals surface area contributed by atoms with Crippen LogP contribution < -0.4 is 0 Å². The average molecular weight is 328 g/mol. The Kier molecular flexibility index (Phi) is 3.45. The first-order valence-corrected chi connectivity index (χ1v) is 7.28. The second-order valence-electron chi connectivity index (χ2n) is 4.98. The van der Waals surface area contributed by atoms with Crippen molar-refractivity contribution in [3.05, 3.63) is 69.8 Å². The van der Waals surface area contributed by atoms with E-state index in [0.29, 0.717) is 6.42 Å². The molecule has 0 aliphatic rings. The van der Waals surface area contributed by atoms with Gasteiger partial charge in [0, 0.05) is 33.6 Å². The summed E-state index contributed by atoms with van der Waals surface area (Å²) in [5.74, 6) is 0.143. The molecule has 20 heavy (non-hydrogen) atoms. The number of benzene rings is 2. The highest BCUT2D eigenvalue weighted by molar-refractivity contribution is 9.10. The van der Waals surface area contributed by atoms with Crippen molar-refractivity contribution in [1.82, 2.24) is 4.98 Å². The van der Waals surface area contributed by atoms with Gasteiger partial charge in [0.05, 0.1) is 0 Å². The van der Waals surface area contributed by atoms with Gasteiger partial charge in [-0.05, 0) is 24.6 Å². The van der Waals surface area contributed by atoms with E-state index in [0.717, 1.165) is 26.5 Å². The Morgan fingerprint density at radius 3 is 2.85 bits per heavy atom. The number of H-pyrrole nitrogens is 1. The summed E-state index contributed by atoms with van der Waals surface area (Å²) in [4.78, 5) is 15.6. The number of Topliss-reactive ketones (excluding diaryl/α,β-unsaturated/α-hetero) is 1. The summed E-state index contributed by atoms with van der Waals surface area (Å²) in [5.41, 5.74) is 3.97. The van der Waals surface area contributed by atoms with Gasteiger partial charge in [-0.25, -0.2) is 0 Å². The van der Waals surface area contributed by atoms with Crippen LogP contribution >= 0.6 is 15.9 Å². The number of hydrogen-bond donors (Lipinski definition) is 1. The smallest absolute Gasteiger partial charge is 0.169 e. The van der Waals surface area contributed by atoms with Gasteiger partial charge in [0.25, 0.3) is 0 Å². The number of halogens is 1. The van der Waals surface area contributed by atoms with E-state index in [4.69, 9.17) is 0 Å². The van der Waals surface area contributed by atoms with E-state index in [2.05, 4.69) is 27.0 Å². The minimum atomic E-state index is 0.143. The number of aromatic nitrogens is 1. The third kappa shape index (κ3) is 2.54. The molecule has 0 spiro atoms. The molecule has 0 bridgehead atoms. The number of rotatable bonds is 3. The van der Waals surface area contributed by atoms with Crippen LogP contribution in [0.1, 0.15) is 21.5 Å². The van der Waals surface area contributed by atoms with Crippen molar-refractivity contribution in [1.29, 1.82) is 0 Å². The summed E-state index contributed by atoms with van der Waals surface area (Å²) in [6.07, 6.45) is 2.24. The zero-order chi connectivity index (χ0) is 14.1. The van der Waals surface area contributed by atoms with Crippen molar-refractivity contribution in [2.75, 3.05) is 0 Å². The number of carbonyl (C=O) groups excluding carboxylic acids is 1. The highest BCUT2D eigenvalue weighted by Crippen LogP contribution is 2.23. The molecule has 0 atom stereocenters. The van der Waals surface area contributed by atoms with Crippen molar-refractivity contribution in [3.8, 4) is 0 Å². The standard InChI is InChI=1S/C17H14BrNO/c1-11-3-2-4-12(7-11)8-17(20)15-10-19-16-9-13(18)5-6-14(15)16/h2-7,9-10,19H,8H2,1H3. The van der Waals surface area contributed by atoms with Crippen molar-refractivity contribution < 1.29 is 4.79 Å². The van der Waals surface area contributed by atoms with Crippen LogP contribution in [0.3, 0.4) is 0 Å². The number of hydrogen-bond acceptors (Lipinski definition) is 1. The molecule has 0 fully saturated rings. The predicted octanol–water partition coefficient (Wildman–Crippen LogP) is 4.66. The minimum Gasteiger partial charge on any atom is -0.360 e. The minimum absolute atomic E-state index is 0.143. The Hall–Kier alpha value is -1.87. The monoisotopic (exact) mass is 327 g/mol. The molecule has 1 aromatic heterocycles. The molecule has 2 nitrogen and oxygen atoms in total. The molecular formula is C17H14BrNO. The van der Waals surface area contributed by atoms with Gasteiger partial charge in [-0.3, -0.25) is 4.79 Å². The first kappa shape index (κ1) is 13.1. The number of fused-ring (bicyclic) bond motifs is 1. The normalized spacial score (nSPS) is 10.9. The molecule has 2 aromatic carbocycles. The molecule has 3 heteroatoms. The lowest BCUT2D eigenvalue weighted by Crippen LogP contribution is -2.02. The lowest BCUT2D eigenvalue weighted by molar-refractivity contribution is 0.0994. The highest BCUT2D eigenvalue weighted by atomic mass is 79.9. The first-order valence-electron chi connectivity index (χ1n) is 6.49. The van der Waals surface area contributed by atoms with Crippen LogP contribution in [0.5, 0.6) is 0 Å². The van der Waals surface area contributed by atoms with Crippen LogP contribution in [-0.2, 0) is 6.42 Å². The van der Waals surface area contributed by atoms with Crippen LogP contribution in [0.2, 0.25) is 0 Å². The van der Waals surface area contributed by atoms with E-state index >= 15 is 0 Å². The third-order valence-corrected chi connectivity index (χ3v) is 3.88. The number of carbonyl (C=O) groups is 1. The maximum Gasteiger partial charge on any atom is 0.169 e. The van der Waals surface area contributed by atoms with E-state index in [1.807, 2.05) is 43.3 Å². The number of nitrogens with one attached hydrogen (secondary N) is 1. The van der Waals surface area contributed by atoms with Crippen LogP contribution in [0.15, 0.2) is 53.1 Å².